The monoisotopic (exact) mass is 282 g/mol. The van der Waals surface area contributed by atoms with Crippen molar-refractivity contribution in [2.75, 3.05) is 0 Å². The summed E-state index contributed by atoms with van der Waals surface area (Å²) in [5.41, 5.74) is 1.32. The van der Waals surface area contributed by atoms with Crippen molar-refractivity contribution in [3.05, 3.63) is 65.7 Å². The zero-order valence-corrected chi connectivity index (χ0v) is 11.4. The van der Waals surface area contributed by atoms with Gasteiger partial charge in [0, 0.05) is 12.5 Å². The summed E-state index contributed by atoms with van der Waals surface area (Å²) in [7, 11) is 0. The number of carbonyl (C=O) groups excluding carboxylic acids is 2. The molecule has 4 heteroatoms. The SMILES string of the molecule is CC(=O)Oc1ccc(/C=C/C(=O)c2ccc(O)cc2)cc1. The van der Waals surface area contributed by atoms with Gasteiger partial charge in [-0.05, 0) is 48.0 Å². The second-order valence-electron chi connectivity index (χ2n) is 4.41. The van der Waals surface area contributed by atoms with Crippen LogP contribution in [0, 0.1) is 0 Å². The lowest BCUT2D eigenvalue weighted by molar-refractivity contribution is -0.131. The molecule has 0 heterocycles. The van der Waals surface area contributed by atoms with E-state index < -0.39 is 0 Å². The van der Waals surface area contributed by atoms with E-state index in [1.165, 1.54) is 25.1 Å². The number of aromatic hydroxyl groups is 1. The molecule has 106 valence electrons. The fraction of sp³-hybridized carbons (Fsp3) is 0.0588. The minimum Gasteiger partial charge on any atom is -0.508 e. The molecule has 0 aliphatic heterocycles. The van der Waals surface area contributed by atoms with E-state index in [4.69, 9.17) is 9.84 Å². The summed E-state index contributed by atoms with van der Waals surface area (Å²) in [6.45, 7) is 1.34. The Bertz CT molecular complexity index is 667. The standard InChI is InChI=1S/C17H14O4/c1-12(18)21-16-9-2-13(3-10-16)4-11-17(20)14-5-7-15(19)8-6-14/h2-11,19H,1H3/b11-4+. The summed E-state index contributed by atoms with van der Waals surface area (Å²) in [5, 5.41) is 9.17. The van der Waals surface area contributed by atoms with Crippen LogP contribution in [0.1, 0.15) is 22.8 Å². The third-order valence-corrected chi connectivity index (χ3v) is 2.72. The number of carbonyl (C=O) groups is 2. The first-order valence-electron chi connectivity index (χ1n) is 6.34. The van der Waals surface area contributed by atoms with Crippen LogP contribution in [0.15, 0.2) is 54.6 Å². The smallest absolute Gasteiger partial charge is 0.308 e. The maximum Gasteiger partial charge on any atom is 0.308 e. The molecule has 0 aromatic heterocycles. The molecule has 0 unspecified atom stereocenters. The van der Waals surface area contributed by atoms with Crippen LogP contribution in [0.2, 0.25) is 0 Å². The summed E-state index contributed by atoms with van der Waals surface area (Å²) < 4.78 is 4.92. The summed E-state index contributed by atoms with van der Waals surface area (Å²) >= 11 is 0. The molecule has 0 atom stereocenters. The second-order valence-corrected chi connectivity index (χ2v) is 4.41. The lowest BCUT2D eigenvalue weighted by atomic mass is 10.1. The highest BCUT2D eigenvalue weighted by atomic mass is 16.5. The minimum atomic E-state index is -0.374. The van der Waals surface area contributed by atoms with Gasteiger partial charge in [0.2, 0.25) is 0 Å². The Morgan fingerprint density at radius 1 is 1.00 bits per heavy atom. The maximum absolute atomic E-state index is 11.9. The molecule has 2 rings (SSSR count). The van der Waals surface area contributed by atoms with Gasteiger partial charge in [-0.3, -0.25) is 9.59 Å². The molecule has 0 bridgehead atoms. The molecule has 0 spiro atoms. The minimum absolute atomic E-state index is 0.122. The Hall–Kier alpha value is -2.88. The molecule has 0 saturated carbocycles. The molecule has 0 radical (unpaired) electrons. The maximum atomic E-state index is 11.9. The first kappa shape index (κ1) is 14.5. The van der Waals surface area contributed by atoms with E-state index >= 15 is 0 Å². The molecule has 0 saturated heterocycles. The molecule has 2 aromatic carbocycles. The number of ketones is 1. The molecule has 0 amide bonds. The number of phenolic OH excluding ortho intramolecular Hbond substituents is 1. The summed E-state index contributed by atoms with van der Waals surface area (Å²) in [6.07, 6.45) is 3.12. The van der Waals surface area contributed by atoms with E-state index in [0.29, 0.717) is 11.3 Å². The first-order chi connectivity index (χ1) is 10.0. The predicted octanol–water partition coefficient (Wildman–Crippen LogP) is 3.21. The van der Waals surface area contributed by atoms with Crippen LogP contribution < -0.4 is 4.74 Å². The molecular weight excluding hydrogens is 268 g/mol. The Morgan fingerprint density at radius 3 is 2.19 bits per heavy atom. The van der Waals surface area contributed by atoms with Crippen molar-refractivity contribution < 1.29 is 19.4 Å². The molecular formula is C17H14O4. The molecule has 1 N–H and O–H groups in total. The topological polar surface area (TPSA) is 63.6 Å². The highest BCUT2D eigenvalue weighted by Crippen LogP contribution is 2.14. The lowest BCUT2D eigenvalue weighted by Crippen LogP contribution is -2.00. The Balaban J connectivity index is 2.05. The summed E-state index contributed by atoms with van der Waals surface area (Å²) in [6, 6.07) is 12.9. The Kier molecular flexibility index (Phi) is 4.51. The fourth-order valence-corrected chi connectivity index (χ4v) is 1.71. The van der Waals surface area contributed by atoms with Gasteiger partial charge in [-0.2, -0.15) is 0 Å². The van der Waals surface area contributed by atoms with Gasteiger partial charge in [0.15, 0.2) is 5.78 Å². The van der Waals surface area contributed by atoms with Gasteiger partial charge >= 0.3 is 5.97 Å². The number of phenols is 1. The third-order valence-electron chi connectivity index (χ3n) is 2.72. The molecule has 4 nitrogen and oxygen atoms in total. The molecule has 2 aromatic rings. The number of allylic oxidation sites excluding steroid dienone is 1. The van der Waals surface area contributed by atoms with Gasteiger partial charge in [-0.25, -0.2) is 0 Å². The van der Waals surface area contributed by atoms with Gasteiger partial charge in [0.1, 0.15) is 11.5 Å². The van der Waals surface area contributed by atoms with Crippen molar-refractivity contribution >= 4 is 17.8 Å². The predicted molar refractivity (Wildman–Crippen MR) is 79.2 cm³/mol. The van der Waals surface area contributed by atoms with E-state index in [2.05, 4.69) is 0 Å². The average Bonchev–Trinajstić information content (AvgIpc) is 2.46. The number of hydrogen-bond donors (Lipinski definition) is 1. The van der Waals surface area contributed by atoms with Crippen LogP contribution in [-0.4, -0.2) is 16.9 Å². The van der Waals surface area contributed by atoms with Crippen molar-refractivity contribution in [3.8, 4) is 11.5 Å². The summed E-state index contributed by atoms with van der Waals surface area (Å²) in [4.78, 5) is 22.7. The van der Waals surface area contributed by atoms with Crippen molar-refractivity contribution in [2.45, 2.75) is 6.92 Å². The summed E-state index contributed by atoms with van der Waals surface area (Å²) in [5.74, 6) is 0.0564. The lowest BCUT2D eigenvalue weighted by Gasteiger charge is -2.01. The molecule has 21 heavy (non-hydrogen) atoms. The normalized spacial score (nSPS) is 10.5. The quantitative estimate of drug-likeness (QED) is 0.405. The van der Waals surface area contributed by atoms with Crippen molar-refractivity contribution in [3.63, 3.8) is 0 Å². The van der Waals surface area contributed by atoms with Crippen LogP contribution in [-0.2, 0) is 4.79 Å². The number of esters is 1. The van der Waals surface area contributed by atoms with Crippen LogP contribution in [0.5, 0.6) is 11.5 Å². The van der Waals surface area contributed by atoms with Gasteiger partial charge in [0.05, 0.1) is 0 Å². The zero-order chi connectivity index (χ0) is 15.2. The van der Waals surface area contributed by atoms with E-state index in [1.807, 2.05) is 0 Å². The number of ether oxygens (including phenoxy) is 1. The van der Waals surface area contributed by atoms with Crippen molar-refractivity contribution in [1.82, 2.24) is 0 Å². The van der Waals surface area contributed by atoms with Crippen LogP contribution in [0.4, 0.5) is 0 Å². The first-order valence-corrected chi connectivity index (χ1v) is 6.34. The van der Waals surface area contributed by atoms with E-state index in [0.717, 1.165) is 5.56 Å². The highest BCUT2D eigenvalue weighted by Gasteiger charge is 2.01. The average molecular weight is 282 g/mol. The fourth-order valence-electron chi connectivity index (χ4n) is 1.71. The van der Waals surface area contributed by atoms with Gasteiger partial charge < -0.3 is 9.84 Å². The van der Waals surface area contributed by atoms with E-state index in [9.17, 15) is 9.59 Å². The number of rotatable bonds is 4. The van der Waals surface area contributed by atoms with Crippen molar-refractivity contribution in [1.29, 1.82) is 0 Å². The molecule has 0 fully saturated rings. The van der Waals surface area contributed by atoms with Gasteiger partial charge in [-0.15, -0.1) is 0 Å². The van der Waals surface area contributed by atoms with E-state index in [-0.39, 0.29) is 17.5 Å². The molecule has 0 aliphatic rings. The van der Waals surface area contributed by atoms with Gasteiger partial charge in [-0.1, -0.05) is 18.2 Å². The van der Waals surface area contributed by atoms with Crippen molar-refractivity contribution in [2.24, 2.45) is 0 Å². The largest absolute Gasteiger partial charge is 0.508 e. The van der Waals surface area contributed by atoms with Crippen LogP contribution in [0.3, 0.4) is 0 Å². The molecule has 0 aliphatic carbocycles. The zero-order valence-electron chi connectivity index (χ0n) is 11.4. The van der Waals surface area contributed by atoms with Gasteiger partial charge in [0.25, 0.3) is 0 Å². The highest BCUT2D eigenvalue weighted by molar-refractivity contribution is 6.06. The second kappa shape index (κ2) is 6.52. The van der Waals surface area contributed by atoms with Crippen LogP contribution >= 0.6 is 0 Å². The Labute approximate surface area is 122 Å². The number of benzene rings is 2. The number of hydrogen-bond acceptors (Lipinski definition) is 4. The van der Waals surface area contributed by atoms with E-state index in [1.54, 1.807) is 42.5 Å². The third kappa shape index (κ3) is 4.31. The Morgan fingerprint density at radius 2 is 1.62 bits per heavy atom. The van der Waals surface area contributed by atoms with Crippen LogP contribution in [0.25, 0.3) is 6.08 Å².